The quantitative estimate of drug-likeness (QED) is 0.734. The molecule has 20 heavy (non-hydrogen) atoms. The van der Waals surface area contributed by atoms with Gasteiger partial charge in [0.15, 0.2) is 5.78 Å². The van der Waals surface area contributed by atoms with Gasteiger partial charge in [-0.1, -0.05) is 24.8 Å². The Labute approximate surface area is 115 Å². The van der Waals surface area contributed by atoms with E-state index in [4.69, 9.17) is 0 Å². The van der Waals surface area contributed by atoms with Gasteiger partial charge in [0.25, 0.3) is 0 Å². The number of nitrogens with zero attached hydrogens (tertiary/aromatic N) is 1. The average molecular weight is 263 g/mol. The van der Waals surface area contributed by atoms with Crippen molar-refractivity contribution in [1.29, 1.82) is 0 Å². The molecular weight excluding hydrogens is 250 g/mol. The third-order valence-corrected chi connectivity index (χ3v) is 4.23. The van der Waals surface area contributed by atoms with E-state index < -0.39 is 0 Å². The zero-order valence-electron chi connectivity index (χ0n) is 10.9. The normalized spacial score (nSPS) is 21.3. The lowest BCUT2D eigenvalue weighted by Crippen LogP contribution is -2.37. The van der Waals surface area contributed by atoms with Gasteiger partial charge in [0.1, 0.15) is 5.76 Å². The molecule has 0 saturated heterocycles. The van der Waals surface area contributed by atoms with E-state index in [1.165, 1.54) is 0 Å². The Balaban J connectivity index is 2.22. The van der Waals surface area contributed by atoms with Crippen LogP contribution in [0.3, 0.4) is 0 Å². The van der Waals surface area contributed by atoms with Gasteiger partial charge >= 0.3 is 0 Å². The van der Waals surface area contributed by atoms with Crippen LogP contribution in [0.25, 0.3) is 22.2 Å². The predicted molar refractivity (Wildman–Crippen MR) is 77.3 cm³/mol. The van der Waals surface area contributed by atoms with E-state index in [0.717, 1.165) is 27.0 Å². The Bertz CT molecular complexity index is 908. The fourth-order valence-corrected chi connectivity index (χ4v) is 3.24. The number of aromatic nitrogens is 1. The number of rotatable bonds is 0. The maximum Gasteiger partial charge on any atom is 0.163 e. The first-order chi connectivity index (χ1) is 9.65. The minimum atomic E-state index is 0.0381. The zero-order chi connectivity index (χ0) is 13.9. The maximum absolute atomic E-state index is 11.9. The number of benzene rings is 1. The summed E-state index contributed by atoms with van der Waals surface area (Å²) in [5, 5.41) is 12.7. The minimum Gasteiger partial charge on any atom is -0.512 e. The molecule has 0 spiro atoms. The number of allylic oxidation sites excluding steroid dienone is 1. The van der Waals surface area contributed by atoms with Crippen LogP contribution in [0.2, 0.25) is 0 Å². The zero-order valence-corrected chi connectivity index (χ0v) is 10.9. The van der Waals surface area contributed by atoms with Crippen molar-refractivity contribution in [3.05, 3.63) is 53.1 Å². The summed E-state index contributed by atoms with van der Waals surface area (Å²) in [4.78, 5) is 16.5. The smallest absolute Gasteiger partial charge is 0.163 e. The SMILES string of the molecule is C=C1C(=O)CC2CC(O)=c3cc4ccccc4nc3=C12. The molecule has 1 saturated carbocycles. The molecule has 1 unspecified atom stereocenters. The van der Waals surface area contributed by atoms with Gasteiger partial charge in [-0.2, -0.15) is 0 Å². The number of carbonyl (C=O) groups is 1. The fourth-order valence-electron chi connectivity index (χ4n) is 3.24. The number of hydrogen-bond acceptors (Lipinski definition) is 3. The molecule has 0 amide bonds. The van der Waals surface area contributed by atoms with Crippen molar-refractivity contribution in [2.24, 2.45) is 5.92 Å². The van der Waals surface area contributed by atoms with Crippen LogP contribution in [0.4, 0.5) is 0 Å². The summed E-state index contributed by atoms with van der Waals surface area (Å²) >= 11 is 0. The Hall–Kier alpha value is -2.42. The van der Waals surface area contributed by atoms with Gasteiger partial charge in [-0.05, 0) is 17.7 Å². The molecule has 1 aromatic carbocycles. The van der Waals surface area contributed by atoms with Crippen LogP contribution in [0.15, 0.2) is 42.5 Å². The summed E-state index contributed by atoms with van der Waals surface area (Å²) in [6.45, 7) is 3.91. The highest BCUT2D eigenvalue weighted by molar-refractivity contribution is 6.12. The highest BCUT2D eigenvalue weighted by Crippen LogP contribution is 2.37. The van der Waals surface area contributed by atoms with E-state index in [0.29, 0.717) is 24.2 Å². The lowest BCUT2D eigenvalue weighted by Gasteiger charge is -2.16. The number of carbonyl (C=O) groups excluding carboxylic acids is 1. The molecule has 2 aliphatic carbocycles. The van der Waals surface area contributed by atoms with Crippen molar-refractivity contribution in [3.63, 3.8) is 0 Å². The molecule has 1 heterocycles. The summed E-state index contributed by atoms with van der Waals surface area (Å²) < 4.78 is 0. The second-order valence-corrected chi connectivity index (χ2v) is 5.44. The topological polar surface area (TPSA) is 50.2 Å². The number of fused-ring (bicyclic) bond motifs is 3. The van der Waals surface area contributed by atoms with Gasteiger partial charge < -0.3 is 5.11 Å². The number of aliphatic hydroxyl groups excluding tert-OH is 1. The molecule has 0 bridgehead atoms. The Morgan fingerprint density at radius 3 is 2.90 bits per heavy atom. The second-order valence-electron chi connectivity index (χ2n) is 5.44. The van der Waals surface area contributed by atoms with E-state index in [9.17, 15) is 9.90 Å². The Kier molecular flexibility index (Phi) is 2.16. The third kappa shape index (κ3) is 1.40. The molecule has 1 atom stereocenters. The number of pyridine rings is 1. The van der Waals surface area contributed by atoms with Crippen molar-refractivity contribution in [2.45, 2.75) is 12.8 Å². The molecule has 0 aliphatic heterocycles. The minimum absolute atomic E-state index is 0.0381. The van der Waals surface area contributed by atoms with Gasteiger partial charge in [-0.3, -0.25) is 4.79 Å². The van der Waals surface area contributed by atoms with Crippen molar-refractivity contribution < 1.29 is 9.90 Å². The summed E-state index contributed by atoms with van der Waals surface area (Å²) in [6.07, 6.45) is 0.944. The second kappa shape index (κ2) is 3.79. The Morgan fingerprint density at radius 2 is 2.05 bits per heavy atom. The molecule has 1 fully saturated rings. The van der Waals surface area contributed by atoms with E-state index in [-0.39, 0.29) is 11.7 Å². The van der Waals surface area contributed by atoms with Gasteiger partial charge in [-0.15, -0.1) is 0 Å². The summed E-state index contributed by atoms with van der Waals surface area (Å²) in [5.41, 5.74) is 2.36. The molecular formula is C17H13NO2. The Morgan fingerprint density at radius 1 is 1.25 bits per heavy atom. The van der Waals surface area contributed by atoms with Crippen LogP contribution in [-0.2, 0) is 4.79 Å². The van der Waals surface area contributed by atoms with Gasteiger partial charge in [0.2, 0.25) is 0 Å². The van der Waals surface area contributed by atoms with E-state index in [2.05, 4.69) is 11.6 Å². The molecule has 4 rings (SSSR count). The highest BCUT2D eigenvalue weighted by atomic mass is 16.3. The van der Waals surface area contributed by atoms with Gasteiger partial charge in [0, 0.05) is 34.9 Å². The van der Waals surface area contributed by atoms with E-state index >= 15 is 0 Å². The maximum atomic E-state index is 11.9. The fraction of sp³-hybridized carbons (Fsp3) is 0.176. The number of para-hydroxylation sites is 1. The van der Waals surface area contributed by atoms with Crippen LogP contribution >= 0.6 is 0 Å². The first kappa shape index (κ1) is 11.4. The number of hydrogen-bond donors (Lipinski definition) is 1. The highest BCUT2D eigenvalue weighted by Gasteiger charge is 2.35. The monoisotopic (exact) mass is 263 g/mol. The van der Waals surface area contributed by atoms with Crippen LogP contribution in [0, 0.1) is 5.92 Å². The predicted octanol–water partition coefficient (Wildman–Crippen LogP) is 1.60. The molecule has 1 aromatic heterocycles. The number of aliphatic hydroxyl groups is 1. The standard InChI is InChI=1S/C17H13NO2/c1-9-14(19)7-11-8-15(20)12-6-10-4-2-3-5-13(10)18-17(12)16(9)11/h2-6,11,20H,1,7-8H2. The third-order valence-electron chi connectivity index (χ3n) is 4.23. The lowest BCUT2D eigenvalue weighted by atomic mass is 9.91. The largest absolute Gasteiger partial charge is 0.512 e. The number of Topliss-reactive ketones (excluding diaryl/α,β-unsaturated/α-hetero) is 1. The van der Waals surface area contributed by atoms with Crippen LogP contribution in [-0.4, -0.2) is 15.9 Å². The summed E-state index contributed by atoms with van der Waals surface area (Å²) in [5.74, 6) is 0.436. The van der Waals surface area contributed by atoms with Crippen molar-refractivity contribution in [2.75, 3.05) is 0 Å². The van der Waals surface area contributed by atoms with Crippen LogP contribution < -0.4 is 10.6 Å². The van der Waals surface area contributed by atoms with Gasteiger partial charge in [0.05, 0.1) is 10.9 Å². The van der Waals surface area contributed by atoms with Crippen molar-refractivity contribution in [3.8, 4) is 0 Å². The van der Waals surface area contributed by atoms with E-state index in [1.54, 1.807) is 0 Å². The molecule has 3 nitrogen and oxygen atoms in total. The van der Waals surface area contributed by atoms with E-state index in [1.807, 2.05) is 30.3 Å². The first-order valence-corrected chi connectivity index (χ1v) is 6.70. The molecule has 2 aromatic rings. The molecule has 0 radical (unpaired) electrons. The number of ketones is 1. The van der Waals surface area contributed by atoms with Crippen molar-refractivity contribution >= 4 is 28.0 Å². The first-order valence-electron chi connectivity index (χ1n) is 6.70. The van der Waals surface area contributed by atoms with Crippen molar-refractivity contribution in [1.82, 2.24) is 4.98 Å². The van der Waals surface area contributed by atoms with Crippen LogP contribution in [0.5, 0.6) is 0 Å². The lowest BCUT2D eigenvalue weighted by molar-refractivity contribution is -0.114. The summed E-state index contributed by atoms with van der Waals surface area (Å²) in [7, 11) is 0. The molecule has 98 valence electrons. The average Bonchev–Trinajstić information content (AvgIpc) is 2.72. The summed E-state index contributed by atoms with van der Waals surface area (Å²) in [6, 6.07) is 9.75. The van der Waals surface area contributed by atoms with Gasteiger partial charge in [-0.25, -0.2) is 4.98 Å². The molecule has 2 aliphatic rings. The van der Waals surface area contributed by atoms with Crippen LogP contribution in [0.1, 0.15) is 12.8 Å². The molecule has 1 N–H and O–H groups in total. The molecule has 3 heteroatoms.